The van der Waals surface area contributed by atoms with E-state index in [1.165, 1.54) is 5.56 Å². The number of hydrogen-bond donors (Lipinski definition) is 1. The normalized spacial score (nSPS) is 27.5. The van der Waals surface area contributed by atoms with Crippen LogP contribution in [0.25, 0.3) is 0 Å². The summed E-state index contributed by atoms with van der Waals surface area (Å²) in [5.74, 6) is 1.45. The van der Waals surface area contributed by atoms with Crippen molar-refractivity contribution in [2.24, 2.45) is 11.1 Å². The fourth-order valence-electron chi connectivity index (χ4n) is 2.25. The molecule has 2 nitrogen and oxygen atoms in total. The van der Waals surface area contributed by atoms with Gasteiger partial charge in [-0.2, -0.15) is 0 Å². The highest BCUT2D eigenvalue weighted by Crippen LogP contribution is 2.57. The Balaban J connectivity index is 2.12. The van der Waals surface area contributed by atoms with Crippen molar-refractivity contribution in [1.29, 1.82) is 0 Å². The van der Waals surface area contributed by atoms with Crippen LogP contribution in [0.4, 0.5) is 0 Å². The van der Waals surface area contributed by atoms with Crippen molar-refractivity contribution in [3.8, 4) is 5.75 Å². The molecule has 1 fully saturated rings. The van der Waals surface area contributed by atoms with Crippen LogP contribution in [0.1, 0.15) is 32.3 Å². The van der Waals surface area contributed by atoms with E-state index in [0.29, 0.717) is 18.6 Å². The predicted molar refractivity (Wildman–Crippen MR) is 62.1 cm³/mol. The summed E-state index contributed by atoms with van der Waals surface area (Å²) in [5, 5.41) is 0. The largest absolute Gasteiger partial charge is 0.494 e. The molecule has 0 unspecified atom stereocenters. The first-order valence-corrected chi connectivity index (χ1v) is 5.55. The third kappa shape index (κ3) is 1.74. The molecule has 2 N–H and O–H groups in total. The highest BCUT2D eigenvalue weighted by Gasteiger charge is 2.55. The molecule has 0 aromatic heterocycles. The molecule has 0 bridgehead atoms. The molecule has 0 radical (unpaired) electrons. The monoisotopic (exact) mass is 205 g/mol. The molecule has 2 rings (SSSR count). The van der Waals surface area contributed by atoms with E-state index in [0.717, 1.165) is 5.75 Å². The van der Waals surface area contributed by atoms with Crippen molar-refractivity contribution < 1.29 is 4.74 Å². The maximum Gasteiger partial charge on any atom is 0.119 e. The van der Waals surface area contributed by atoms with Crippen molar-refractivity contribution in [2.45, 2.75) is 32.7 Å². The van der Waals surface area contributed by atoms with Gasteiger partial charge in [0.15, 0.2) is 0 Å². The summed E-state index contributed by atoms with van der Waals surface area (Å²) in [4.78, 5) is 0. The van der Waals surface area contributed by atoms with Gasteiger partial charge in [0.25, 0.3) is 0 Å². The predicted octanol–water partition coefficient (Wildman–Crippen LogP) is 2.54. The molecule has 2 heteroatoms. The summed E-state index contributed by atoms with van der Waals surface area (Å²) in [6, 6.07) is 8.62. The maximum absolute atomic E-state index is 6.04. The van der Waals surface area contributed by atoms with E-state index in [2.05, 4.69) is 26.0 Å². The zero-order valence-electron chi connectivity index (χ0n) is 9.66. The summed E-state index contributed by atoms with van der Waals surface area (Å²) in [5.41, 5.74) is 7.63. The van der Waals surface area contributed by atoms with E-state index < -0.39 is 0 Å². The number of nitrogens with two attached hydrogens (primary N) is 1. The minimum atomic E-state index is 0.257. The van der Waals surface area contributed by atoms with Gasteiger partial charge in [-0.25, -0.2) is 0 Å². The van der Waals surface area contributed by atoms with Crippen LogP contribution in [0.2, 0.25) is 0 Å². The smallest absolute Gasteiger partial charge is 0.119 e. The van der Waals surface area contributed by atoms with E-state index in [9.17, 15) is 0 Å². The molecule has 0 heterocycles. The number of ether oxygens (including phenoxy) is 1. The van der Waals surface area contributed by atoms with Gasteiger partial charge in [0.05, 0.1) is 6.61 Å². The Morgan fingerprint density at radius 1 is 1.27 bits per heavy atom. The molecular weight excluding hydrogens is 186 g/mol. The van der Waals surface area contributed by atoms with Gasteiger partial charge in [0.2, 0.25) is 0 Å². The van der Waals surface area contributed by atoms with Gasteiger partial charge < -0.3 is 10.5 Å². The van der Waals surface area contributed by atoms with Gasteiger partial charge in [-0.3, -0.25) is 0 Å². The highest BCUT2D eigenvalue weighted by molar-refractivity contribution is 5.37. The average Bonchev–Trinajstić information content (AvgIpc) is 2.69. The summed E-state index contributed by atoms with van der Waals surface area (Å²) in [6.07, 6.45) is 0. The Labute approximate surface area is 91.4 Å². The second-order valence-corrected chi connectivity index (χ2v) is 4.83. The summed E-state index contributed by atoms with van der Waals surface area (Å²) >= 11 is 0. The van der Waals surface area contributed by atoms with Crippen LogP contribution >= 0.6 is 0 Å². The Morgan fingerprint density at radius 3 is 2.20 bits per heavy atom. The fraction of sp³-hybridized carbons (Fsp3) is 0.538. The number of rotatable bonds is 3. The Bertz CT molecular complexity index is 342. The molecule has 1 aromatic carbocycles. The first-order chi connectivity index (χ1) is 7.07. The van der Waals surface area contributed by atoms with Crippen LogP contribution in [0.3, 0.4) is 0 Å². The van der Waals surface area contributed by atoms with Gasteiger partial charge in [-0.15, -0.1) is 0 Å². The van der Waals surface area contributed by atoms with Crippen molar-refractivity contribution in [3.05, 3.63) is 29.8 Å². The Hall–Kier alpha value is -1.02. The molecule has 0 spiro atoms. The Kier molecular flexibility index (Phi) is 2.47. The van der Waals surface area contributed by atoms with Gasteiger partial charge in [0, 0.05) is 12.0 Å². The lowest BCUT2D eigenvalue weighted by Gasteiger charge is -2.05. The van der Waals surface area contributed by atoms with Crippen LogP contribution < -0.4 is 10.5 Å². The third-order valence-electron chi connectivity index (χ3n) is 3.46. The van der Waals surface area contributed by atoms with Crippen LogP contribution in [-0.2, 0) is 0 Å². The Morgan fingerprint density at radius 2 is 1.80 bits per heavy atom. The van der Waals surface area contributed by atoms with Gasteiger partial charge in [0.1, 0.15) is 5.75 Å². The number of hydrogen-bond acceptors (Lipinski definition) is 2. The summed E-state index contributed by atoms with van der Waals surface area (Å²) in [7, 11) is 0. The molecular formula is C13H19NO. The first-order valence-electron chi connectivity index (χ1n) is 5.55. The van der Waals surface area contributed by atoms with E-state index in [1.54, 1.807) is 0 Å². The lowest BCUT2D eigenvalue weighted by molar-refractivity contribution is 0.340. The zero-order chi connectivity index (χ0) is 11.1. The standard InChI is InChI=1S/C13H19NO/c1-4-15-10-7-5-9(6-8-10)11-12(14)13(11,2)3/h5-8,11-12H,4,14H2,1-3H3/t11-,12-/m0/s1. The molecule has 2 atom stereocenters. The van der Waals surface area contributed by atoms with E-state index in [1.807, 2.05) is 19.1 Å². The molecule has 0 saturated heterocycles. The SMILES string of the molecule is CCOc1ccc([C@H]2[C@H](N)C2(C)C)cc1. The van der Waals surface area contributed by atoms with E-state index >= 15 is 0 Å². The summed E-state index contributed by atoms with van der Waals surface area (Å²) in [6.45, 7) is 7.15. The van der Waals surface area contributed by atoms with Crippen LogP contribution in [-0.4, -0.2) is 12.6 Å². The summed E-state index contributed by atoms with van der Waals surface area (Å²) < 4.78 is 5.41. The van der Waals surface area contributed by atoms with Crippen molar-refractivity contribution in [3.63, 3.8) is 0 Å². The third-order valence-corrected chi connectivity index (χ3v) is 3.46. The molecule has 1 aromatic rings. The lowest BCUT2D eigenvalue weighted by Crippen LogP contribution is -2.06. The molecule has 1 saturated carbocycles. The highest BCUT2D eigenvalue weighted by atomic mass is 16.5. The fourth-order valence-corrected chi connectivity index (χ4v) is 2.25. The minimum absolute atomic E-state index is 0.257. The molecule has 1 aliphatic rings. The lowest BCUT2D eigenvalue weighted by atomic mass is 10.0. The average molecular weight is 205 g/mol. The molecule has 0 amide bonds. The van der Waals surface area contributed by atoms with Crippen molar-refractivity contribution in [1.82, 2.24) is 0 Å². The quantitative estimate of drug-likeness (QED) is 0.823. The van der Waals surface area contributed by atoms with E-state index in [4.69, 9.17) is 10.5 Å². The van der Waals surface area contributed by atoms with Crippen LogP contribution in [0.15, 0.2) is 24.3 Å². The van der Waals surface area contributed by atoms with E-state index in [-0.39, 0.29) is 5.41 Å². The molecule has 15 heavy (non-hydrogen) atoms. The van der Waals surface area contributed by atoms with Crippen LogP contribution in [0, 0.1) is 5.41 Å². The van der Waals surface area contributed by atoms with Gasteiger partial charge in [-0.05, 0) is 30.0 Å². The van der Waals surface area contributed by atoms with Crippen molar-refractivity contribution >= 4 is 0 Å². The number of benzene rings is 1. The minimum Gasteiger partial charge on any atom is -0.494 e. The van der Waals surface area contributed by atoms with Crippen molar-refractivity contribution in [2.75, 3.05) is 6.61 Å². The molecule has 82 valence electrons. The van der Waals surface area contributed by atoms with Gasteiger partial charge in [-0.1, -0.05) is 26.0 Å². The molecule has 0 aliphatic heterocycles. The second kappa shape index (κ2) is 3.53. The van der Waals surface area contributed by atoms with Crippen LogP contribution in [0.5, 0.6) is 5.75 Å². The first kappa shape index (κ1) is 10.5. The zero-order valence-corrected chi connectivity index (χ0v) is 9.66. The topological polar surface area (TPSA) is 35.2 Å². The molecule has 1 aliphatic carbocycles. The maximum atomic E-state index is 6.04. The van der Waals surface area contributed by atoms with Gasteiger partial charge >= 0.3 is 0 Å². The second-order valence-electron chi connectivity index (χ2n) is 4.83.